The van der Waals surface area contributed by atoms with Crippen molar-refractivity contribution < 1.29 is 9.90 Å². The molecule has 2 N–H and O–H groups in total. The third-order valence-electron chi connectivity index (χ3n) is 6.70. The van der Waals surface area contributed by atoms with E-state index in [9.17, 15) is 9.90 Å². The average molecular weight is 405 g/mol. The number of hydrogen-bond donors (Lipinski definition) is 2. The summed E-state index contributed by atoms with van der Waals surface area (Å²) in [7, 11) is 0. The van der Waals surface area contributed by atoms with Gasteiger partial charge in [0.15, 0.2) is 0 Å². The number of rotatable bonds is 4. The fraction of sp³-hybridized carbons (Fsp3) is 0.423. The first-order valence-corrected chi connectivity index (χ1v) is 11.1. The molecule has 1 heterocycles. The second-order valence-corrected chi connectivity index (χ2v) is 8.72. The minimum Gasteiger partial charge on any atom is -0.507 e. The van der Waals surface area contributed by atoms with E-state index in [1.165, 1.54) is 5.56 Å². The second-order valence-electron chi connectivity index (χ2n) is 8.72. The van der Waals surface area contributed by atoms with Crippen LogP contribution in [0.15, 0.2) is 42.5 Å². The number of fused-ring (bicyclic) bond motifs is 1. The molecule has 1 amide bonds. The van der Waals surface area contributed by atoms with Gasteiger partial charge in [0.25, 0.3) is 5.91 Å². The fourth-order valence-electron chi connectivity index (χ4n) is 5.06. The summed E-state index contributed by atoms with van der Waals surface area (Å²) < 4.78 is 0. The Labute approximate surface area is 179 Å². The van der Waals surface area contributed by atoms with Gasteiger partial charge >= 0.3 is 0 Å². The van der Waals surface area contributed by atoms with E-state index in [-0.39, 0.29) is 11.3 Å². The summed E-state index contributed by atoms with van der Waals surface area (Å²) in [6, 6.07) is 12.0. The number of amides is 1. The number of aryl methyl sites for hydroxylation is 1. The zero-order valence-corrected chi connectivity index (χ0v) is 18.3. The van der Waals surface area contributed by atoms with Crippen LogP contribution < -0.4 is 5.32 Å². The molecular formula is C26H32N2O2. The summed E-state index contributed by atoms with van der Waals surface area (Å²) in [5, 5.41) is 14.3. The number of carbonyl (C=O) groups is 1. The lowest BCUT2D eigenvalue weighted by molar-refractivity contribution is 0.0773. The van der Waals surface area contributed by atoms with Crippen LogP contribution in [0.5, 0.6) is 5.75 Å². The van der Waals surface area contributed by atoms with E-state index >= 15 is 0 Å². The number of phenols is 1. The molecule has 0 bridgehead atoms. The summed E-state index contributed by atoms with van der Waals surface area (Å²) in [5.41, 5.74) is 6.27. The van der Waals surface area contributed by atoms with Gasteiger partial charge in [-0.2, -0.15) is 0 Å². The van der Waals surface area contributed by atoms with Crippen molar-refractivity contribution in [2.45, 2.75) is 40.0 Å². The summed E-state index contributed by atoms with van der Waals surface area (Å²) in [4.78, 5) is 14.5. The number of phenolic OH excluding ortho intramolecular Hbond substituents is 1. The van der Waals surface area contributed by atoms with E-state index in [1.807, 2.05) is 56.0 Å². The smallest absolute Gasteiger partial charge is 0.253 e. The van der Waals surface area contributed by atoms with Gasteiger partial charge in [-0.05, 0) is 99.0 Å². The number of hydrogen-bond acceptors (Lipinski definition) is 3. The largest absolute Gasteiger partial charge is 0.507 e. The number of allylic oxidation sites excluding steroid dienone is 1. The van der Waals surface area contributed by atoms with Crippen LogP contribution in [0, 0.1) is 12.3 Å². The minimum absolute atomic E-state index is 0.0675. The molecule has 1 aliphatic carbocycles. The molecule has 0 saturated carbocycles. The highest BCUT2D eigenvalue weighted by Gasteiger charge is 2.36. The number of carbonyl (C=O) groups excluding carboxylic acids is 1. The third kappa shape index (κ3) is 3.77. The number of nitrogens with one attached hydrogen (secondary N) is 1. The van der Waals surface area contributed by atoms with Crippen LogP contribution in [0.1, 0.15) is 59.3 Å². The number of piperidine rings is 1. The average Bonchev–Trinajstić information content (AvgIpc) is 2.74. The Kier molecular flexibility index (Phi) is 5.70. The summed E-state index contributed by atoms with van der Waals surface area (Å²) in [6.45, 7) is 9.51. The van der Waals surface area contributed by atoms with Crippen molar-refractivity contribution in [1.82, 2.24) is 10.2 Å². The van der Waals surface area contributed by atoms with Crippen LogP contribution in [0.2, 0.25) is 0 Å². The van der Waals surface area contributed by atoms with Crippen LogP contribution in [-0.4, -0.2) is 42.1 Å². The fourth-order valence-corrected chi connectivity index (χ4v) is 5.06. The standard InChI is InChI=1S/C26H32N2O2/c1-4-28(5-2)25(30)20-8-6-19(7-9-20)22-17-26(10-12-27-13-11-26)16-21-14-18(3)15-23(29)24(21)22/h6-9,14-15,17,27,29H,4-5,10-13,16H2,1-3H3. The van der Waals surface area contributed by atoms with Crippen molar-refractivity contribution in [3.63, 3.8) is 0 Å². The molecule has 4 rings (SSSR count). The van der Waals surface area contributed by atoms with Gasteiger partial charge in [-0.25, -0.2) is 0 Å². The van der Waals surface area contributed by atoms with Gasteiger partial charge < -0.3 is 15.3 Å². The Hall–Kier alpha value is -2.59. The van der Waals surface area contributed by atoms with E-state index in [4.69, 9.17) is 0 Å². The van der Waals surface area contributed by atoms with E-state index < -0.39 is 0 Å². The monoisotopic (exact) mass is 404 g/mol. The molecule has 4 heteroatoms. The summed E-state index contributed by atoms with van der Waals surface area (Å²) in [5.74, 6) is 0.418. The van der Waals surface area contributed by atoms with Crippen molar-refractivity contribution in [2.24, 2.45) is 5.41 Å². The topological polar surface area (TPSA) is 52.6 Å². The molecule has 0 radical (unpaired) electrons. The molecule has 0 unspecified atom stereocenters. The van der Waals surface area contributed by atoms with Crippen molar-refractivity contribution in [1.29, 1.82) is 0 Å². The number of nitrogens with zero attached hydrogens (tertiary/aromatic N) is 1. The normalized spacial score (nSPS) is 17.4. The van der Waals surface area contributed by atoms with E-state index in [1.54, 1.807) is 0 Å². The highest BCUT2D eigenvalue weighted by atomic mass is 16.3. The molecule has 158 valence electrons. The van der Waals surface area contributed by atoms with Gasteiger partial charge in [0.2, 0.25) is 0 Å². The quantitative estimate of drug-likeness (QED) is 0.787. The first-order chi connectivity index (χ1) is 14.5. The van der Waals surface area contributed by atoms with Crippen LogP contribution >= 0.6 is 0 Å². The highest BCUT2D eigenvalue weighted by molar-refractivity contribution is 5.95. The molecule has 30 heavy (non-hydrogen) atoms. The predicted octanol–water partition coefficient (Wildman–Crippen LogP) is 4.54. The number of aromatic hydroxyl groups is 1. The van der Waals surface area contributed by atoms with Crippen LogP contribution in [-0.2, 0) is 6.42 Å². The van der Waals surface area contributed by atoms with Crippen molar-refractivity contribution in [2.75, 3.05) is 26.2 Å². The maximum atomic E-state index is 12.7. The second kappa shape index (κ2) is 8.27. The zero-order chi connectivity index (χ0) is 21.3. The third-order valence-corrected chi connectivity index (χ3v) is 6.70. The molecular weight excluding hydrogens is 372 g/mol. The molecule has 0 atom stereocenters. The Bertz CT molecular complexity index is 965. The lowest BCUT2D eigenvalue weighted by Crippen LogP contribution is -2.38. The first kappa shape index (κ1) is 20.7. The van der Waals surface area contributed by atoms with Gasteiger partial charge in [-0.3, -0.25) is 4.79 Å². The molecule has 1 saturated heterocycles. The van der Waals surface area contributed by atoms with E-state index in [0.29, 0.717) is 24.4 Å². The van der Waals surface area contributed by atoms with Gasteiger partial charge in [0.05, 0.1) is 0 Å². The molecule has 1 spiro atoms. The van der Waals surface area contributed by atoms with Crippen molar-refractivity contribution in [3.8, 4) is 5.75 Å². The Morgan fingerprint density at radius 1 is 1.10 bits per heavy atom. The molecule has 2 aromatic carbocycles. The molecule has 4 nitrogen and oxygen atoms in total. The lowest BCUT2D eigenvalue weighted by atomic mass is 9.67. The predicted molar refractivity (Wildman–Crippen MR) is 122 cm³/mol. The Morgan fingerprint density at radius 2 is 1.77 bits per heavy atom. The van der Waals surface area contributed by atoms with Gasteiger partial charge in [0, 0.05) is 24.2 Å². The number of benzene rings is 2. The van der Waals surface area contributed by atoms with Crippen molar-refractivity contribution >= 4 is 11.5 Å². The summed E-state index contributed by atoms with van der Waals surface area (Å²) in [6.07, 6.45) is 5.57. The van der Waals surface area contributed by atoms with E-state index in [2.05, 4.69) is 17.5 Å². The Morgan fingerprint density at radius 3 is 2.40 bits per heavy atom. The molecule has 2 aliphatic rings. The van der Waals surface area contributed by atoms with Crippen molar-refractivity contribution in [3.05, 3.63) is 70.3 Å². The highest BCUT2D eigenvalue weighted by Crippen LogP contribution is 2.47. The first-order valence-electron chi connectivity index (χ1n) is 11.1. The van der Waals surface area contributed by atoms with E-state index in [0.717, 1.165) is 54.6 Å². The summed E-state index contributed by atoms with van der Waals surface area (Å²) >= 11 is 0. The lowest BCUT2D eigenvalue weighted by Gasteiger charge is -2.40. The van der Waals surface area contributed by atoms with Gasteiger partial charge in [0.1, 0.15) is 5.75 Å². The van der Waals surface area contributed by atoms with Crippen LogP contribution in [0.3, 0.4) is 0 Å². The van der Waals surface area contributed by atoms with Crippen LogP contribution in [0.4, 0.5) is 0 Å². The SMILES string of the molecule is CCN(CC)C(=O)c1ccc(C2=CC3(CCNCC3)Cc3cc(C)cc(O)c32)cc1. The Balaban J connectivity index is 1.77. The zero-order valence-electron chi connectivity index (χ0n) is 18.3. The molecule has 1 fully saturated rings. The minimum atomic E-state index is 0.0675. The van der Waals surface area contributed by atoms with Gasteiger partial charge in [-0.15, -0.1) is 0 Å². The van der Waals surface area contributed by atoms with Gasteiger partial charge in [-0.1, -0.05) is 24.3 Å². The maximum Gasteiger partial charge on any atom is 0.253 e. The molecule has 2 aromatic rings. The molecule has 1 aliphatic heterocycles. The molecule has 0 aromatic heterocycles. The maximum absolute atomic E-state index is 12.7. The van der Waals surface area contributed by atoms with Crippen LogP contribution in [0.25, 0.3) is 5.57 Å².